The molecule has 2 aromatic rings. The maximum absolute atomic E-state index is 12.3. The molecule has 0 aliphatic heterocycles. The van der Waals surface area contributed by atoms with Crippen molar-refractivity contribution in [2.75, 3.05) is 0 Å². The second-order valence-electron chi connectivity index (χ2n) is 6.42. The highest BCUT2D eigenvalue weighted by Gasteiger charge is 2.20. The molecule has 7 heteroatoms. The highest BCUT2D eigenvalue weighted by atomic mass is 16.5. The van der Waals surface area contributed by atoms with E-state index in [4.69, 9.17) is 9.15 Å². The molecule has 1 atom stereocenters. The van der Waals surface area contributed by atoms with E-state index in [0.29, 0.717) is 18.0 Å². The maximum atomic E-state index is 12.3. The number of nitrogens with zero attached hydrogens (tertiary/aromatic N) is 1. The SMILES string of the molecule is CC(NC(=O)c1ccoc1)C(=O)NCc1cccnc1OC1CCCC1. The zero-order valence-corrected chi connectivity index (χ0v) is 14.7. The Balaban J connectivity index is 1.53. The number of furan rings is 1. The Morgan fingerprint density at radius 1 is 1.35 bits per heavy atom. The standard InChI is InChI=1S/C19H23N3O4/c1-13(22-18(24)15-8-10-25-12-15)17(23)21-11-14-5-4-9-20-19(14)26-16-6-2-3-7-16/h4-5,8-10,12-13,16H,2-3,6-7,11H2,1H3,(H,21,23)(H,22,24). The Hall–Kier alpha value is -2.83. The normalized spacial score (nSPS) is 15.4. The van der Waals surface area contributed by atoms with Gasteiger partial charge in [-0.05, 0) is 44.7 Å². The molecule has 0 saturated heterocycles. The summed E-state index contributed by atoms with van der Waals surface area (Å²) in [5.41, 5.74) is 1.20. The van der Waals surface area contributed by atoms with Gasteiger partial charge in [-0.2, -0.15) is 0 Å². The first-order chi connectivity index (χ1) is 12.6. The Kier molecular flexibility index (Phi) is 5.88. The van der Waals surface area contributed by atoms with E-state index in [1.165, 1.54) is 25.4 Å². The van der Waals surface area contributed by atoms with Crippen molar-refractivity contribution in [3.8, 4) is 5.88 Å². The van der Waals surface area contributed by atoms with Crippen LogP contribution in [0, 0.1) is 0 Å². The van der Waals surface area contributed by atoms with Crippen LogP contribution < -0.4 is 15.4 Å². The summed E-state index contributed by atoms with van der Waals surface area (Å²) in [6.07, 6.45) is 9.07. The number of hydrogen-bond acceptors (Lipinski definition) is 5. The van der Waals surface area contributed by atoms with Crippen LogP contribution in [0.4, 0.5) is 0 Å². The monoisotopic (exact) mass is 357 g/mol. The molecular weight excluding hydrogens is 334 g/mol. The second kappa shape index (κ2) is 8.51. The lowest BCUT2D eigenvalue weighted by molar-refractivity contribution is -0.122. The summed E-state index contributed by atoms with van der Waals surface area (Å²) in [5, 5.41) is 5.45. The predicted octanol–water partition coefficient (Wildman–Crippen LogP) is 2.43. The molecule has 2 heterocycles. The Labute approximate surface area is 152 Å². The molecule has 0 spiro atoms. The van der Waals surface area contributed by atoms with E-state index in [1.54, 1.807) is 19.2 Å². The minimum atomic E-state index is -0.673. The molecule has 0 aromatic carbocycles. The lowest BCUT2D eigenvalue weighted by atomic mass is 10.2. The van der Waals surface area contributed by atoms with Gasteiger partial charge in [-0.1, -0.05) is 6.07 Å². The molecule has 1 unspecified atom stereocenters. The topological polar surface area (TPSA) is 93.5 Å². The van der Waals surface area contributed by atoms with Gasteiger partial charge in [0, 0.05) is 18.3 Å². The van der Waals surface area contributed by atoms with Gasteiger partial charge in [-0.3, -0.25) is 9.59 Å². The molecular formula is C19H23N3O4. The molecule has 3 rings (SSSR count). The van der Waals surface area contributed by atoms with Crippen molar-refractivity contribution < 1.29 is 18.7 Å². The minimum Gasteiger partial charge on any atom is -0.474 e. The van der Waals surface area contributed by atoms with Crippen molar-refractivity contribution in [1.82, 2.24) is 15.6 Å². The maximum Gasteiger partial charge on any atom is 0.255 e. The van der Waals surface area contributed by atoms with E-state index in [1.807, 2.05) is 12.1 Å². The number of ether oxygens (including phenoxy) is 1. The summed E-state index contributed by atoms with van der Waals surface area (Å²) in [6.45, 7) is 1.92. The first kappa shape index (κ1) is 18.0. The van der Waals surface area contributed by atoms with E-state index in [2.05, 4.69) is 15.6 Å². The third kappa shape index (κ3) is 4.62. The Morgan fingerprint density at radius 2 is 2.15 bits per heavy atom. The van der Waals surface area contributed by atoms with E-state index in [0.717, 1.165) is 18.4 Å². The number of carbonyl (C=O) groups is 2. The fourth-order valence-corrected chi connectivity index (χ4v) is 2.90. The smallest absolute Gasteiger partial charge is 0.255 e. The van der Waals surface area contributed by atoms with E-state index < -0.39 is 6.04 Å². The fourth-order valence-electron chi connectivity index (χ4n) is 2.90. The number of nitrogens with one attached hydrogen (secondary N) is 2. The Bertz CT molecular complexity index is 739. The van der Waals surface area contributed by atoms with Crippen LogP contribution in [0.25, 0.3) is 0 Å². The van der Waals surface area contributed by atoms with Crippen LogP contribution in [-0.2, 0) is 11.3 Å². The number of carbonyl (C=O) groups excluding carboxylic acids is 2. The first-order valence-electron chi connectivity index (χ1n) is 8.85. The Morgan fingerprint density at radius 3 is 2.88 bits per heavy atom. The quantitative estimate of drug-likeness (QED) is 0.794. The van der Waals surface area contributed by atoms with Gasteiger partial charge in [0.25, 0.3) is 5.91 Å². The van der Waals surface area contributed by atoms with Crippen LogP contribution in [-0.4, -0.2) is 28.9 Å². The summed E-state index contributed by atoms with van der Waals surface area (Å²) in [6, 6.07) is 4.56. The van der Waals surface area contributed by atoms with Gasteiger partial charge in [-0.25, -0.2) is 4.98 Å². The number of pyridine rings is 1. The van der Waals surface area contributed by atoms with Crippen LogP contribution in [0.2, 0.25) is 0 Å². The van der Waals surface area contributed by atoms with Crippen LogP contribution in [0.5, 0.6) is 5.88 Å². The second-order valence-corrected chi connectivity index (χ2v) is 6.42. The third-order valence-electron chi connectivity index (χ3n) is 4.41. The van der Waals surface area contributed by atoms with E-state index in [9.17, 15) is 9.59 Å². The van der Waals surface area contributed by atoms with Crippen molar-refractivity contribution in [3.05, 3.63) is 48.0 Å². The van der Waals surface area contributed by atoms with E-state index in [-0.39, 0.29) is 17.9 Å². The van der Waals surface area contributed by atoms with Crippen LogP contribution in [0.1, 0.15) is 48.5 Å². The van der Waals surface area contributed by atoms with Gasteiger partial charge in [-0.15, -0.1) is 0 Å². The van der Waals surface area contributed by atoms with Gasteiger partial charge in [0.1, 0.15) is 18.4 Å². The van der Waals surface area contributed by atoms with Crippen molar-refractivity contribution in [2.24, 2.45) is 0 Å². The zero-order valence-electron chi connectivity index (χ0n) is 14.7. The zero-order chi connectivity index (χ0) is 18.4. The highest BCUT2D eigenvalue weighted by molar-refractivity contribution is 5.97. The van der Waals surface area contributed by atoms with Crippen LogP contribution in [0.3, 0.4) is 0 Å². The van der Waals surface area contributed by atoms with Crippen LogP contribution >= 0.6 is 0 Å². The van der Waals surface area contributed by atoms with Gasteiger partial charge in [0.05, 0.1) is 11.8 Å². The van der Waals surface area contributed by atoms with Crippen molar-refractivity contribution >= 4 is 11.8 Å². The van der Waals surface area contributed by atoms with E-state index >= 15 is 0 Å². The number of aromatic nitrogens is 1. The average molecular weight is 357 g/mol. The first-order valence-corrected chi connectivity index (χ1v) is 8.85. The number of hydrogen-bond donors (Lipinski definition) is 2. The van der Waals surface area contributed by atoms with Gasteiger partial charge < -0.3 is 19.8 Å². The summed E-state index contributed by atoms with van der Waals surface area (Å²) in [5.74, 6) is -0.0691. The molecule has 0 radical (unpaired) electrons. The minimum absolute atomic E-state index is 0.201. The third-order valence-corrected chi connectivity index (χ3v) is 4.41. The van der Waals surface area contributed by atoms with Gasteiger partial charge in [0.2, 0.25) is 11.8 Å². The molecule has 1 fully saturated rings. The van der Waals surface area contributed by atoms with Gasteiger partial charge >= 0.3 is 0 Å². The summed E-state index contributed by atoms with van der Waals surface area (Å²) in [7, 11) is 0. The molecule has 1 aliphatic carbocycles. The molecule has 2 aromatic heterocycles. The van der Waals surface area contributed by atoms with Crippen molar-refractivity contribution in [1.29, 1.82) is 0 Å². The fraction of sp³-hybridized carbons (Fsp3) is 0.421. The van der Waals surface area contributed by atoms with Crippen LogP contribution in [0.15, 0.2) is 41.3 Å². The van der Waals surface area contributed by atoms with Crippen molar-refractivity contribution in [3.63, 3.8) is 0 Å². The molecule has 1 saturated carbocycles. The molecule has 7 nitrogen and oxygen atoms in total. The summed E-state index contributed by atoms with van der Waals surface area (Å²) >= 11 is 0. The molecule has 2 amide bonds. The highest BCUT2D eigenvalue weighted by Crippen LogP contribution is 2.24. The number of rotatable bonds is 7. The number of amides is 2. The molecule has 26 heavy (non-hydrogen) atoms. The predicted molar refractivity (Wildman–Crippen MR) is 94.6 cm³/mol. The summed E-state index contributed by atoms with van der Waals surface area (Å²) in [4.78, 5) is 28.5. The lowest BCUT2D eigenvalue weighted by Gasteiger charge is -2.17. The molecule has 2 N–H and O–H groups in total. The van der Waals surface area contributed by atoms with Gasteiger partial charge in [0.15, 0.2) is 0 Å². The molecule has 138 valence electrons. The average Bonchev–Trinajstić information content (AvgIpc) is 3.34. The molecule has 0 bridgehead atoms. The largest absolute Gasteiger partial charge is 0.474 e. The lowest BCUT2D eigenvalue weighted by Crippen LogP contribution is -2.44. The molecule has 1 aliphatic rings. The summed E-state index contributed by atoms with van der Waals surface area (Å²) < 4.78 is 10.8. The van der Waals surface area contributed by atoms with Crippen molar-refractivity contribution in [2.45, 2.75) is 51.3 Å².